The van der Waals surface area contributed by atoms with Crippen LogP contribution in [-0.4, -0.2) is 23.9 Å². The van der Waals surface area contributed by atoms with Gasteiger partial charge in [-0.3, -0.25) is 0 Å². The minimum absolute atomic E-state index is 0.194. The van der Waals surface area contributed by atoms with Gasteiger partial charge in [0.25, 0.3) is 0 Å². The summed E-state index contributed by atoms with van der Waals surface area (Å²) in [5.41, 5.74) is 1.50. The molecule has 0 heterocycles. The summed E-state index contributed by atoms with van der Waals surface area (Å²) >= 11 is 0. The molecule has 7 aromatic rings. The highest BCUT2D eigenvalue weighted by atomic mass is 16.6. The average molecular weight is 659 g/mol. The zero-order chi connectivity index (χ0) is 34.5. The van der Waals surface area contributed by atoms with Crippen LogP contribution in [0.1, 0.15) is 41.4 Å². The molecule has 242 valence electrons. The SMILES string of the molecule is O=C(Oc1ccc2cc(C(=O)Oc3cccc(OC(=O)c4ccc5cc(OC(=O)c6ccccc6)ccc5c4)c3)ccc2c1)c1ccccc1. The van der Waals surface area contributed by atoms with Gasteiger partial charge in [0.1, 0.15) is 23.0 Å². The minimum Gasteiger partial charge on any atom is -0.423 e. The standard InChI is InChI=1S/C42H26O8/c43-39(27-8-3-1-4-9-27)49-37-20-18-29-22-33(16-14-31(29)24-37)41(45)47-35-12-7-13-36(26-35)48-42(46)34-17-15-32-25-38(21-19-30(32)23-34)50-40(44)28-10-5-2-6-11-28/h1-26H. The Labute approximate surface area is 286 Å². The van der Waals surface area contributed by atoms with E-state index in [4.69, 9.17) is 18.9 Å². The fourth-order valence-corrected chi connectivity index (χ4v) is 5.24. The van der Waals surface area contributed by atoms with Crippen molar-refractivity contribution in [2.45, 2.75) is 0 Å². The first-order valence-corrected chi connectivity index (χ1v) is 15.5. The summed E-state index contributed by atoms with van der Waals surface area (Å²) in [5, 5.41) is 3.05. The van der Waals surface area contributed by atoms with Crippen LogP contribution in [0.5, 0.6) is 23.0 Å². The Bertz CT molecular complexity index is 2240. The van der Waals surface area contributed by atoms with Crippen molar-refractivity contribution in [3.8, 4) is 23.0 Å². The number of esters is 4. The van der Waals surface area contributed by atoms with Crippen LogP contribution in [0.2, 0.25) is 0 Å². The summed E-state index contributed by atoms with van der Waals surface area (Å²) in [6.07, 6.45) is 0. The van der Waals surface area contributed by atoms with Crippen LogP contribution in [0, 0.1) is 0 Å². The highest BCUT2D eigenvalue weighted by Gasteiger charge is 2.15. The fourth-order valence-electron chi connectivity index (χ4n) is 5.24. The monoisotopic (exact) mass is 658 g/mol. The predicted molar refractivity (Wildman–Crippen MR) is 187 cm³/mol. The maximum absolute atomic E-state index is 13.0. The molecule has 0 spiro atoms. The van der Waals surface area contributed by atoms with Gasteiger partial charge in [-0.05, 0) is 106 Å². The van der Waals surface area contributed by atoms with E-state index in [2.05, 4.69) is 0 Å². The van der Waals surface area contributed by atoms with Crippen molar-refractivity contribution < 1.29 is 38.1 Å². The molecule has 7 aromatic carbocycles. The molecule has 8 heteroatoms. The number of fused-ring (bicyclic) bond motifs is 2. The van der Waals surface area contributed by atoms with Gasteiger partial charge in [-0.2, -0.15) is 0 Å². The van der Waals surface area contributed by atoms with Crippen molar-refractivity contribution in [1.82, 2.24) is 0 Å². The van der Waals surface area contributed by atoms with E-state index in [1.165, 1.54) is 6.07 Å². The molecular formula is C42H26O8. The van der Waals surface area contributed by atoms with Crippen LogP contribution in [0.4, 0.5) is 0 Å². The van der Waals surface area contributed by atoms with Gasteiger partial charge < -0.3 is 18.9 Å². The summed E-state index contributed by atoms with van der Waals surface area (Å²) < 4.78 is 22.2. The predicted octanol–water partition coefficient (Wildman–Crippen LogP) is 8.87. The lowest BCUT2D eigenvalue weighted by atomic mass is 10.1. The van der Waals surface area contributed by atoms with E-state index < -0.39 is 23.9 Å². The maximum Gasteiger partial charge on any atom is 0.343 e. The Morgan fingerprint density at radius 3 is 1.04 bits per heavy atom. The third-order valence-electron chi connectivity index (χ3n) is 7.76. The fraction of sp³-hybridized carbons (Fsp3) is 0. The van der Waals surface area contributed by atoms with Crippen molar-refractivity contribution in [3.63, 3.8) is 0 Å². The smallest absolute Gasteiger partial charge is 0.343 e. The van der Waals surface area contributed by atoms with Gasteiger partial charge in [0.15, 0.2) is 0 Å². The van der Waals surface area contributed by atoms with Crippen molar-refractivity contribution in [2.24, 2.45) is 0 Å². The first-order chi connectivity index (χ1) is 24.4. The van der Waals surface area contributed by atoms with Crippen LogP contribution in [0.3, 0.4) is 0 Å². The Morgan fingerprint density at radius 2 is 0.620 bits per heavy atom. The van der Waals surface area contributed by atoms with Gasteiger partial charge in [0.05, 0.1) is 22.3 Å². The molecule has 50 heavy (non-hydrogen) atoms. The van der Waals surface area contributed by atoms with Gasteiger partial charge >= 0.3 is 23.9 Å². The number of hydrogen-bond donors (Lipinski definition) is 0. The van der Waals surface area contributed by atoms with E-state index in [-0.39, 0.29) is 11.5 Å². The normalized spacial score (nSPS) is 10.7. The molecule has 0 aliphatic rings. The Balaban J connectivity index is 0.984. The van der Waals surface area contributed by atoms with E-state index in [0.717, 1.165) is 21.5 Å². The molecule has 0 bridgehead atoms. The molecule has 0 N–H and O–H groups in total. The molecule has 0 unspecified atom stereocenters. The first kappa shape index (κ1) is 31.5. The lowest BCUT2D eigenvalue weighted by Gasteiger charge is -2.10. The van der Waals surface area contributed by atoms with Gasteiger partial charge in [0, 0.05) is 6.07 Å². The van der Waals surface area contributed by atoms with Gasteiger partial charge in [-0.25, -0.2) is 19.2 Å². The Kier molecular flexibility index (Phi) is 8.81. The topological polar surface area (TPSA) is 105 Å². The van der Waals surface area contributed by atoms with E-state index in [9.17, 15) is 19.2 Å². The number of ether oxygens (including phenoxy) is 4. The van der Waals surface area contributed by atoms with Crippen molar-refractivity contribution in [1.29, 1.82) is 0 Å². The van der Waals surface area contributed by atoms with Crippen LogP contribution in [-0.2, 0) is 0 Å². The maximum atomic E-state index is 13.0. The molecule has 8 nitrogen and oxygen atoms in total. The molecule has 0 atom stereocenters. The molecule has 0 aliphatic heterocycles. The second kappa shape index (κ2) is 14.0. The van der Waals surface area contributed by atoms with Crippen molar-refractivity contribution in [3.05, 3.63) is 180 Å². The van der Waals surface area contributed by atoms with E-state index in [1.54, 1.807) is 140 Å². The molecule has 7 rings (SSSR count). The molecule has 0 fully saturated rings. The van der Waals surface area contributed by atoms with Crippen LogP contribution in [0.25, 0.3) is 21.5 Å². The summed E-state index contributed by atoms with van der Waals surface area (Å²) in [6.45, 7) is 0. The van der Waals surface area contributed by atoms with Crippen LogP contribution in [0.15, 0.2) is 158 Å². The minimum atomic E-state index is -0.599. The molecule has 0 radical (unpaired) electrons. The first-order valence-electron chi connectivity index (χ1n) is 15.5. The number of hydrogen-bond acceptors (Lipinski definition) is 8. The summed E-state index contributed by atoms with van der Waals surface area (Å²) in [6, 6.07) is 44.0. The molecule has 0 amide bonds. The van der Waals surface area contributed by atoms with E-state index in [1.807, 2.05) is 12.1 Å². The highest BCUT2D eigenvalue weighted by Crippen LogP contribution is 2.27. The number of benzene rings is 7. The second-order valence-electron chi connectivity index (χ2n) is 11.2. The molecule has 0 saturated heterocycles. The number of carbonyl (C=O) groups excluding carboxylic acids is 4. The zero-order valence-corrected chi connectivity index (χ0v) is 26.3. The van der Waals surface area contributed by atoms with Gasteiger partial charge in [-0.15, -0.1) is 0 Å². The third-order valence-corrected chi connectivity index (χ3v) is 7.76. The van der Waals surface area contributed by atoms with Crippen LogP contribution < -0.4 is 18.9 Å². The van der Waals surface area contributed by atoms with E-state index >= 15 is 0 Å². The molecule has 0 aliphatic carbocycles. The summed E-state index contributed by atoms with van der Waals surface area (Å²) in [4.78, 5) is 50.9. The third kappa shape index (κ3) is 7.25. The molecule has 0 saturated carbocycles. The van der Waals surface area contributed by atoms with Crippen molar-refractivity contribution in [2.75, 3.05) is 0 Å². The van der Waals surface area contributed by atoms with E-state index in [0.29, 0.717) is 33.8 Å². The molecule has 0 aromatic heterocycles. The number of carbonyl (C=O) groups is 4. The quantitative estimate of drug-likeness (QED) is 0.118. The summed E-state index contributed by atoms with van der Waals surface area (Å²) in [7, 11) is 0. The Morgan fingerprint density at radius 1 is 0.280 bits per heavy atom. The van der Waals surface area contributed by atoms with Gasteiger partial charge in [-0.1, -0.05) is 66.7 Å². The lowest BCUT2D eigenvalue weighted by molar-refractivity contribution is 0.0719. The average Bonchev–Trinajstić information content (AvgIpc) is 3.15. The summed E-state index contributed by atoms with van der Waals surface area (Å²) in [5.74, 6) is -0.972. The van der Waals surface area contributed by atoms with Crippen molar-refractivity contribution >= 4 is 45.4 Å². The van der Waals surface area contributed by atoms with Crippen LogP contribution >= 0.6 is 0 Å². The van der Waals surface area contributed by atoms with Gasteiger partial charge in [0.2, 0.25) is 0 Å². The number of rotatable bonds is 8. The largest absolute Gasteiger partial charge is 0.423 e. The second-order valence-corrected chi connectivity index (χ2v) is 11.2. The zero-order valence-electron chi connectivity index (χ0n) is 26.3. The highest BCUT2D eigenvalue weighted by molar-refractivity contribution is 5.99. The Hall–Kier alpha value is -7.06. The molecular weight excluding hydrogens is 632 g/mol. The lowest BCUT2D eigenvalue weighted by Crippen LogP contribution is -2.10.